The Morgan fingerprint density at radius 1 is 1.57 bits per heavy atom. The molecule has 0 aliphatic rings. The smallest absolute Gasteiger partial charge is 0.323 e. The van der Waals surface area contributed by atoms with Crippen LogP contribution in [0.15, 0.2) is 6.07 Å². The minimum atomic E-state index is -4.40. The number of aromatic nitrogens is 2. The van der Waals surface area contributed by atoms with Gasteiger partial charge in [-0.25, -0.2) is 0 Å². The van der Waals surface area contributed by atoms with Crippen molar-refractivity contribution in [1.29, 1.82) is 0 Å². The summed E-state index contributed by atoms with van der Waals surface area (Å²) in [5.74, 6) is 0. The van der Waals surface area contributed by atoms with Crippen molar-refractivity contribution in [2.75, 3.05) is 0 Å². The largest absolute Gasteiger partial charge is 0.435 e. The average molecular weight is 207 g/mol. The van der Waals surface area contributed by atoms with Crippen LogP contribution >= 0.6 is 0 Å². The molecule has 1 rings (SSSR count). The molecule has 0 bridgehead atoms. The van der Waals surface area contributed by atoms with Crippen LogP contribution in [0, 0.1) is 0 Å². The molecule has 1 atom stereocenters. The van der Waals surface area contributed by atoms with Gasteiger partial charge < -0.3 is 5.73 Å². The van der Waals surface area contributed by atoms with Gasteiger partial charge in [-0.2, -0.15) is 18.3 Å². The second-order valence-electron chi connectivity index (χ2n) is 3.06. The molecule has 1 aromatic heterocycles. The molecule has 0 aromatic carbocycles. The van der Waals surface area contributed by atoms with Gasteiger partial charge in [0.1, 0.15) is 0 Å². The van der Waals surface area contributed by atoms with Gasteiger partial charge in [-0.15, -0.1) is 0 Å². The van der Waals surface area contributed by atoms with Crippen molar-refractivity contribution >= 4 is 0 Å². The maximum absolute atomic E-state index is 12.3. The Bertz CT molecular complexity index is 314. The Balaban J connectivity index is 3.13. The van der Waals surface area contributed by atoms with Crippen molar-refractivity contribution in [2.45, 2.75) is 32.6 Å². The molecule has 0 radical (unpaired) electrons. The number of nitrogens with zero attached hydrogens (tertiary/aromatic N) is 2. The van der Waals surface area contributed by atoms with E-state index in [0.29, 0.717) is 12.2 Å². The fourth-order valence-electron chi connectivity index (χ4n) is 1.19. The highest BCUT2D eigenvalue weighted by atomic mass is 19.4. The summed E-state index contributed by atoms with van der Waals surface area (Å²) in [7, 11) is 0. The zero-order valence-corrected chi connectivity index (χ0v) is 7.97. The number of halogens is 3. The lowest BCUT2D eigenvalue weighted by Gasteiger charge is -2.06. The lowest BCUT2D eigenvalue weighted by atomic mass is 10.2. The van der Waals surface area contributed by atoms with E-state index in [4.69, 9.17) is 5.73 Å². The van der Waals surface area contributed by atoms with Gasteiger partial charge in [-0.05, 0) is 19.9 Å². The predicted molar refractivity (Wildman–Crippen MR) is 45.5 cm³/mol. The van der Waals surface area contributed by atoms with E-state index in [0.717, 1.165) is 6.07 Å². The normalized spacial score (nSPS) is 14.4. The van der Waals surface area contributed by atoms with Crippen LogP contribution in [0.4, 0.5) is 13.2 Å². The van der Waals surface area contributed by atoms with Crippen LogP contribution < -0.4 is 5.73 Å². The number of hydrogen-bond donors (Lipinski definition) is 1. The number of rotatable bonds is 2. The maximum Gasteiger partial charge on any atom is 0.435 e. The van der Waals surface area contributed by atoms with Crippen molar-refractivity contribution in [1.82, 2.24) is 9.78 Å². The van der Waals surface area contributed by atoms with E-state index in [1.165, 1.54) is 4.68 Å². The summed E-state index contributed by atoms with van der Waals surface area (Å²) in [4.78, 5) is 0. The van der Waals surface area contributed by atoms with E-state index in [2.05, 4.69) is 5.10 Å². The molecular weight excluding hydrogens is 195 g/mol. The summed E-state index contributed by atoms with van der Waals surface area (Å²) in [6.45, 7) is 3.73. The van der Waals surface area contributed by atoms with E-state index in [1.54, 1.807) is 13.8 Å². The molecule has 0 spiro atoms. The zero-order valence-electron chi connectivity index (χ0n) is 7.97. The van der Waals surface area contributed by atoms with Gasteiger partial charge >= 0.3 is 6.18 Å². The van der Waals surface area contributed by atoms with E-state index in [9.17, 15) is 13.2 Å². The molecule has 0 fully saturated rings. The van der Waals surface area contributed by atoms with Crippen molar-refractivity contribution in [3.05, 3.63) is 17.5 Å². The third-order valence-electron chi connectivity index (χ3n) is 1.87. The van der Waals surface area contributed by atoms with Crippen LogP contribution in [0.25, 0.3) is 0 Å². The summed E-state index contributed by atoms with van der Waals surface area (Å²) in [5, 5.41) is 3.43. The van der Waals surface area contributed by atoms with E-state index >= 15 is 0 Å². The number of aryl methyl sites for hydroxylation is 1. The van der Waals surface area contributed by atoms with Crippen LogP contribution in [-0.2, 0) is 12.7 Å². The Kier molecular flexibility index (Phi) is 2.84. The summed E-state index contributed by atoms with van der Waals surface area (Å²) in [5.41, 5.74) is 5.04. The van der Waals surface area contributed by atoms with Crippen molar-refractivity contribution in [2.24, 2.45) is 5.73 Å². The minimum Gasteiger partial charge on any atom is -0.323 e. The standard InChI is InChI=1S/C8H12F3N3/c1-3-14-6(5(2)12)4-7(13-14)8(9,10)11/h4-5H,3,12H2,1-2H3/t5-/m1/s1. The summed E-state index contributed by atoms with van der Waals surface area (Å²) < 4.78 is 38.1. The first-order chi connectivity index (χ1) is 6.36. The number of nitrogens with two attached hydrogens (primary N) is 1. The van der Waals surface area contributed by atoms with E-state index in [-0.39, 0.29) is 0 Å². The second-order valence-corrected chi connectivity index (χ2v) is 3.06. The van der Waals surface area contributed by atoms with E-state index < -0.39 is 17.9 Å². The Morgan fingerprint density at radius 2 is 2.14 bits per heavy atom. The minimum absolute atomic E-state index is 0.382. The van der Waals surface area contributed by atoms with Crippen molar-refractivity contribution in [3.63, 3.8) is 0 Å². The van der Waals surface area contributed by atoms with Gasteiger partial charge in [0.25, 0.3) is 0 Å². The van der Waals surface area contributed by atoms with Crippen LogP contribution in [0.1, 0.15) is 31.3 Å². The third kappa shape index (κ3) is 2.06. The molecule has 0 amide bonds. The van der Waals surface area contributed by atoms with Crippen molar-refractivity contribution in [3.8, 4) is 0 Å². The highest BCUT2D eigenvalue weighted by Crippen LogP contribution is 2.29. The molecule has 2 N–H and O–H groups in total. The van der Waals surface area contributed by atoms with Crippen molar-refractivity contribution < 1.29 is 13.2 Å². The Hall–Kier alpha value is -1.04. The number of alkyl halides is 3. The highest BCUT2D eigenvalue weighted by Gasteiger charge is 2.35. The van der Waals surface area contributed by atoms with Gasteiger partial charge in [0, 0.05) is 12.6 Å². The van der Waals surface area contributed by atoms with Crippen LogP contribution in [0.5, 0.6) is 0 Å². The molecule has 3 nitrogen and oxygen atoms in total. The van der Waals surface area contributed by atoms with Gasteiger partial charge in [0.05, 0.1) is 5.69 Å². The molecule has 0 unspecified atom stereocenters. The Labute approximate surface area is 79.7 Å². The van der Waals surface area contributed by atoms with Gasteiger partial charge in [0.15, 0.2) is 5.69 Å². The SMILES string of the molecule is CCn1nc(C(F)(F)F)cc1[C@@H](C)N. The van der Waals surface area contributed by atoms with E-state index in [1.807, 2.05) is 0 Å². The molecule has 14 heavy (non-hydrogen) atoms. The lowest BCUT2D eigenvalue weighted by molar-refractivity contribution is -0.141. The quantitative estimate of drug-likeness (QED) is 0.805. The van der Waals surface area contributed by atoms with Gasteiger partial charge in [0.2, 0.25) is 0 Å². The third-order valence-corrected chi connectivity index (χ3v) is 1.87. The average Bonchev–Trinajstić information content (AvgIpc) is 2.45. The molecular formula is C8H12F3N3. The van der Waals surface area contributed by atoms with Crippen LogP contribution in [0.3, 0.4) is 0 Å². The summed E-state index contributed by atoms with van der Waals surface area (Å²) in [6.07, 6.45) is -4.40. The molecule has 0 aliphatic carbocycles. The molecule has 1 aromatic rings. The topological polar surface area (TPSA) is 43.8 Å². The molecule has 0 saturated heterocycles. The summed E-state index contributed by atoms with van der Waals surface area (Å²) in [6, 6.07) is 0.548. The first kappa shape index (κ1) is 11.0. The number of hydrogen-bond acceptors (Lipinski definition) is 2. The first-order valence-corrected chi connectivity index (χ1v) is 4.26. The molecule has 80 valence electrons. The predicted octanol–water partition coefficient (Wildman–Crippen LogP) is 1.94. The molecule has 6 heteroatoms. The lowest BCUT2D eigenvalue weighted by Crippen LogP contribution is -2.12. The fourth-order valence-corrected chi connectivity index (χ4v) is 1.19. The maximum atomic E-state index is 12.3. The second kappa shape index (κ2) is 3.61. The van der Waals surface area contributed by atoms with Crippen LogP contribution in [-0.4, -0.2) is 9.78 Å². The van der Waals surface area contributed by atoms with Gasteiger partial charge in [-0.3, -0.25) is 4.68 Å². The first-order valence-electron chi connectivity index (χ1n) is 4.26. The molecule has 0 saturated carbocycles. The fraction of sp³-hybridized carbons (Fsp3) is 0.625. The van der Waals surface area contributed by atoms with Crippen LogP contribution in [0.2, 0.25) is 0 Å². The monoisotopic (exact) mass is 207 g/mol. The van der Waals surface area contributed by atoms with Gasteiger partial charge in [-0.1, -0.05) is 0 Å². The zero-order chi connectivity index (χ0) is 10.9. The highest BCUT2D eigenvalue weighted by molar-refractivity contribution is 5.15. The Morgan fingerprint density at radius 3 is 2.43 bits per heavy atom. The summed E-state index contributed by atoms with van der Waals surface area (Å²) >= 11 is 0. The molecule has 1 heterocycles. The molecule has 0 aliphatic heterocycles.